The predicted molar refractivity (Wildman–Crippen MR) is 91.4 cm³/mol. The maximum atomic E-state index is 12.7. The summed E-state index contributed by atoms with van der Waals surface area (Å²) in [4.78, 5) is 14.3. The minimum atomic E-state index is -3.38. The van der Waals surface area contributed by atoms with Crippen LogP contribution < -0.4 is 14.4 Å². The Bertz CT molecular complexity index is 698. The monoisotopic (exact) mass is 340 g/mol. The molecule has 0 radical (unpaired) electrons. The van der Waals surface area contributed by atoms with E-state index in [0.717, 1.165) is 0 Å². The predicted octanol–water partition coefficient (Wildman–Crippen LogP) is 2.61. The molecule has 1 amide bonds. The summed E-state index contributed by atoms with van der Waals surface area (Å²) >= 11 is 0. The Morgan fingerprint density at radius 1 is 1.30 bits per heavy atom. The third kappa shape index (κ3) is 3.77. The number of nitrogens with one attached hydrogen (secondary N) is 1. The lowest BCUT2D eigenvalue weighted by Gasteiger charge is -2.27. The van der Waals surface area contributed by atoms with Crippen LogP contribution in [-0.4, -0.2) is 33.2 Å². The molecule has 0 saturated carbocycles. The summed E-state index contributed by atoms with van der Waals surface area (Å²) in [5.41, 5.74) is 0.406. The van der Waals surface area contributed by atoms with Crippen LogP contribution >= 0.6 is 0 Å². The molecule has 0 fully saturated rings. The zero-order chi connectivity index (χ0) is 17.3. The van der Waals surface area contributed by atoms with Gasteiger partial charge < -0.3 is 9.64 Å². The fourth-order valence-electron chi connectivity index (χ4n) is 2.52. The first kappa shape index (κ1) is 17.6. The highest BCUT2D eigenvalue weighted by Crippen LogP contribution is 2.38. The molecule has 0 atom stereocenters. The average Bonchev–Trinajstić information content (AvgIpc) is 2.54. The Hall–Kier alpha value is -1.76. The first-order chi connectivity index (χ1) is 10.7. The Morgan fingerprint density at radius 3 is 2.61 bits per heavy atom. The summed E-state index contributed by atoms with van der Waals surface area (Å²) < 4.78 is 32.2. The van der Waals surface area contributed by atoms with Crippen molar-refractivity contribution >= 4 is 27.3 Å². The number of hydrogen-bond donors (Lipinski definition) is 1. The Balaban J connectivity index is 2.41. The van der Waals surface area contributed by atoms with Crippen LogP contribution in [0.2, 0.25) is 0 Å². The molecule has 23 heavy (non-hydrogen) atoms. The number of anilines is 2. The van der Waals surface area contributed by atoms with Gasteiger partial charge in [0.05, 0.1) is 22.5 Å². The third-order valence-corrected chi connectivity index (χ3v) is 5.22. The molecule has 0 unspecified atom stereocenters. The van der Waals surface area contributed by atoms with Gasteiger partial charge in [0.1, 0.15) is 12.4 Å². The van der Waals surface area contributed by atoms with Crippen LogP contribution in [-0.2, 0) is 14.8 Å². The zero-order valence-electron chi connectivity index (χ0n) is 14.0. The number of hydrogen-bond acceptors (Lipinski definition) is 4. The largest absolute Gasteiger partial charge is 0.490 e. The standard InChI is InChI=1S/C16H24N2O4S/c1-5-9-23(20,21)17-12-7-8-14-13(10-12)18(6-2)15(19)16(3,4)11-22-14/h7-8,10,17H,5-6,9,11H2,1-4H3. The molecule has 0 bridgehead atoms. The van der Waals surface area contributed by atoms with E-state index in [1.807, 2.05) is 27.7 Å². The molecule has 0 saturated heterocycles. The van der Waals surface area contributed by atoms with Crippen molar-refractivity contribution in [2.45, 2.75) is 34.1 Å². The third-order valence-electron chi connectivity index (χ3n) is 3.72. The quantitative estimate of drug-likeness (QED) is 0.894. The van der Waals surface area contributed by atoms with Crippen molar-refractivity contribution < 1.29 is 17.9 Å². The number of nitrogens with zero attached hydrogens (tertiary/aromatic N) is 1. The van der Waals surface area contributed by atoms with Crippen LogP contribution in [0.1, 0.15) is 34.1 Å². The molecule has 0 aliphatic carbocycles. The van der Waals surface area contributed by atoms with E-state index in [9.17, 15) is 13.2 Å². The second-order valence-corrected chi connectivity index (χ2v) is 8.17. The zero-order valence-corrected chi connectivity index (χ0v) is 14.9. The molecule has 6 nitrogen and oxygen atoms in total. The van der Waals surface area contributed by atoms with Gasteiger partial charge in [-0.15, -0.1) is 0 Å². The smallest absolute Gasteiger partial charge is 0.236 e. The van der Waals surface area contributed by atoms with E-state index in [1.54, 1.807) is 23.1 Å². The Kier molecular flexibility index (Phi) is 4.89. The lowest BCUT2D eigenvalue weighted by Crippen LogP contribution is -2.42. The van der Waals surface area contributed by atoms with E-state index in [-0.39, 0.29) is 18.3 Å². The Morgan fingerprint density at radius 2 is 2.00 bits per heavy atom. The van der Waals surface area contributed by atoms with Crippen molar-refractivity contribution in [2.75, 3.05) is 28.5 Å². The van der Waals surface area contributed by atoms with Crippen LogP contribution in [0, 0.1) is 5.41 Å². The second kappa shape index (κ2) is 6.39. The number of carbonyl (C=O) groups is 1. The van der Waals surface area contributed by atoms with E-state index < -0.39 is 15.4 Å². The number of sulfonamides is 1. The number of amides is 1. The fraction of sp³-hybridized carbons (Fsp3) is 0.562. The van der Waals surface area contributed by atoms with E-state index in [2.05, 4.69) is 4.72 Å². The van der Waals surface area contributed by atoms with Gasteiger partial charge in [0.25, 0.3) is 0 Å². The molecule has 0 spiro atoms. The lowest BCUT2D eigenvalue weighted by atomic mass is 9.93. The SMILES string of the molecule is CCCS(=O)(=O)Nc1ccc2c(c1)N(CC)C(=O)C(C)(C)CO2. The highest BCUT2D eigenvalue weighted by molar-refractivity contribution is 7.92. The van der Waals surface area contributed by atoms with Crippen molar-refractivity contribution in [1.82, 2.24) is 0 Å². The molecule has 1 aromatic carbocycles. The van der Waals surface area contributed by atoms with Gasteiger partial charge in [-0.05, 0) is 45.4 Å². The molecule has 1 aromatic rings. The number of ether oxygens (including phenoxy) is 1. The highest BCUT2D eigenvalue weighted by Gasteiger charge is 2.37. The van der Waals surface area contributed by atoms with Crippen molar-refractivity contribution in [2.24, 2.45) is 5.41 Å². The second-order valence-electron chi connectivity index (χ2n) is 6.33. The minimum Gasteiger partial charge on any atom is -0.490 e. The van der Waals surface area contributed by atoms with Crippen LogP contribution in [0.3, 0.4) is 0 Å². The number of fused-ring (bicyclic) bond motifs is 1. The van der Waals surface area contributed by atoms with Crippen molar-refractivity contribution in [3.63, 3.8) is 0 Å². The minimum absolute atomic E-state index is 0.0349. The molecule has 1 aliphatic heterocycles. The first-order valence-corrected chi connectivity index (χ1v) is 9.44. The van der Waals surface area contributed by atoms with Crippen molar-refractivity contribution in [3.8, 4) is 5.75 Å². The van der Waals surface area contributed by atoms with Gasteiger partial charge in [0.2, 0.25) is 15.9 Å². The van der Waals surface area contributed by atoms with Crippen molar-refractivity contribution in [3.05, 3.63) is 18.2 Å². The number of rotatable bonds is 5. The molecule has 1 N–H and O–H groups in total. The van der Waals surface area contributed by atoms with Gasteiger partial charge in [-0.2, -0.15) is 0 Å². The van der Waals surface area contributed by atoms with Crippen LogP contribution in [0.5, 0.6) is 5.75 Å². The summed E-state index contributed by atoms with van der Waals surface area (Å²) in [7, 11) is -3.38. The Labute approximate surface area is 137 Å². The molecular weight excluding hydrogens is 316 g/mol. The maximum absolute atomic E-state index is 12.7. The molecule has 0 aromatic heterocycles. The van der Waals surface area contributed by atoms with Gasteiger partial charge in [0.15, 0.2) is 0 Å². The normalized spacial score (nSPS) is 17.2. The molecule has 128 valence electrons. The first-order valence-electron chi connectivity index (χ1n) is 7.79. The average molecular weight is 340 g/mol. The number of carbonyl (C=O) groups excluding carboxylic acids is 1. The van der Waals surface area contributed by atoms with E-state index in [4.69, 9.17) is 4.74 Å². The van der Waals surface area contributed by atoms with Gasteiger partial charge in [-0.3, -0.25) is 9.52 Å². The molecule has 1 heterocycles. The summed E-state index contributed by atoms with van der Waals surface area (Å²) in [6.07, 6.45) is 0.539. The van der Waals surface area contributed by atoms with Gasteiger partial charge in [-0.25, -0.2) is 8.42 Å². The summed E-state index contributed by atoms with van der Waals surface area (Å²) in [6, 6.07) is 5.02. The summed E-state index contributed by atoms with van der Waals surface area (Å²) in [5.74, 6) is 0.612. The summed E-state index contributed by atoms with van der Waals surface area (Å²) in [5, 5.41) is 0. The van der Waals surface area contributed by atoms with Gasteiger partial charge in [-0.1, -0.05) is 6.92 Å². The molecule has 7 heteroatoms. The van der Waals surface area contributed by atoms with Gasteiger partial charge in [0, 0.05) is 6.54 Å². The van der Waals surface area contributed by atoms with Gasteiger partial charge >= 0.3 is 0 Å². The van der Waals surface area contributed by atoms with E-state index in [1.165, 1.54) is 0 Å². The summed E-state index contributed by atoms with van der Waals surface area (Å²) in [6.45, 7) is 8.16. The van der Waals surface area contributed by atoms with E-state index in [0.29, 0.717) is 30.1 Å². The molecule has 1 aliphatic rings. The molecular formula is C16H24N2O4S. The van der Waals surface area contributed by atoms with Crippen LogP contribution in [0.15, 0.2) is 18.2 Å². The topological polar surface area (TPSA) is 75.7 Å². The highest BCUT2D eigenvalue weighted by atomic mass is 32.2. The molecule has 2 rings (SSSR count). The van der Waals surface area contributed by atoms with E-state index >= 15 is 0 Å². The van der Waals surface area contributed by atoms with Crippen molar-refractivity contribution in [1.29, 1.82) is 0 Å². The van der Waals surface area contributed by atoms with Crippen LogP contribution in [0.25, 0.3) is 0 Å². The maximum Gasteiger partial charge on any atom is 0.236 e. The lowest BCUT2D eigenvalue weighted by molar-refractivity contribution is -0.127. The van der Waals surface area contributed by atoms with Crippen LogP contribution in [0.4, 0.5) is 11.4 Å². The number of benzene rings is 1. The fourth-order valence-corrected chi connectivity index (χ4v) is 3.65.